The number of nitrogens with zero attached hydrogens (tertiary/aromatic N) is 3. The van der Waals surface area contributed by atoms with E-state index in [0.717, 1.165) is 38.6 Å². The van der Waals surface area contributed by atoms with Gasteiger partial charge in [0, 0.05) is 47.6 Å². The number of furan rings is 1. The van der Waals surface area contributed by atoms with Gasteiger partial charge in [-0.25, -0.2) is 15.0 Å². The summed E-state index contributed by atoms with van der Waals surface area (Å²) in [6.07, 6.45) is 0. The van der Waals surface area contributed by atoms with E-state index in [1.807, 2.05) is 54.6 Å². The minimum absolute atomic E-state index is 0.618. The normalized spacial score (nSPS) is 11.7. The molecule has 38 heavy (non-hydrogen) atoms. The molecule has 0 spiro atoms. The Morgan fingerprint density at radius 2 is 1.16 bits per heavy atom. The first-order chi connectivity index (χ1) is 18.8. The summed E-state index contributed by atoms with van der Waals surface area (Å²) >= 11 is 1.79. The largest absolute Gasteiger partial charge is 0.456 e. The second-order valence-electron chi connectivity index (χ2n) is 9.26. The van der Waals surface area contributed by atoms with E-state index >= 15 is 0 Å². The SMILES string of the molecule is c1ccc(-c2nc(-c3ccc4c(c3)oc3ccccc34)nc(-c3cccc4sc5ccccc5c34)n2)cc1. The Kier molecular flexibility index (Phi) is 4.66. The number of hydrogen-bond donors (Lipinski definition) is 0. The third kappa shape index (κ3) is 3.33. The minimum atomic E-state index is 0.618. The fraction of sp³-hybridized carbons (Fsp3) is 0. The lowest BCUT2D eigenvalue weighted by molar-refractivity contribution is 0.669. The van der Waals surface area contributed by atoms with Crippen LogP contribution in [0.25, 0.3) is 76.3 Å². The molecular weight excluding hydrogens is 486 g/mol. The first-order valence-electron chi connectivity index (χ1n) is 12.5. The van der Waals surface area contributed by atoms with Gasteiger partial charge in [0.1, 0.15) is 11.2 Å². The molecule has 0 atom stereocenters. The summed E-state index contributed by atoms with van der Waals surface area (Å²) in [7, 11) is 0. The molecule has 0 aliphatic heterocycles. The van der Waals surface area contributed by atoms with E-state index < -0.39 is 0 Å². The number of rotatable bonds is 3. The molecule has 5 heteroatoms. The molecule has 0 radical (unpaired) electrons. The maximum Gasteiger partial charge on any atom is 0.164 e. The number of thiophene rings is 1. The van der Waals surface area contributed by atoms with Crippen molar-refractivity contribution in [2.24, 2.45) is 0 Å². The highest BCUT2D eigenvalue weighted by atomic mass is 32.1. The van der Waals surface area contributed by atoms with Crippen LogP contribution < -0.4 is 0 Å². The minimum Gasteiger partial charge on any atom is -0.456 e. The Labute approximate surface area is 221 Å². The number of fused-ring (bicyclic) bond motifs is 6. The highest BCUT2D eigenvalue weighted by Crippen LogP contribution is 2.40. The van der Waals surface area contributed by atoms with Crippen LogP contribution in [0.15, 0.2) is 120 Å². The van der Waals surface area contributed by atoms with Crippen molar-refractivity contribution in [2.45, 2.75) is 0 Å². The van der Waals surface area contributed by atoms with Crippen LogP contribution in [0.3, 0.4) is 0 Å². The fourth-order valence-electron chi connectivity index (χ4n) is 5.17. The summed E-state index contributed by atoms with van der Waals surface area (Å²) in [5, 5.41) is 4.58. The zero-order valence-electron chi connectivity index (χ0n) is 20.1. The molecule has 0 saturated carbocycles. The highest BCUT2D eigenvalue weighted by Gasteiger charge is 2.17. The monoisotopic (exact) mass is 505 g/mol. The Balaban J connectivity index is 1.39. The number of benzene rings is 5. The molecule has 0 aliphatic rings. The van der Waals surface area contributed by atoms with Gasteiger partial charge in [-0.2, -0.15) is 0 Å². The lowest BCUT2D eigenvalue weighted by atomic mass is 10.1. The summed E-state index contributed by atoms with van der Waals surface area (Å²) in [6, 6.07) is 39.2. The van der Waals surface area contributed by atoms with Gasteiger partial charge in [-0.15, -0.1) is 11.3 Å². The van der Waals surface area contributed by atoms with Gasteiger partial charge in [-0.1, -0.05) is 84.9 Å². The summed E-state index contributed by atoms with van der Waals surface area (Å²) in [4.78, 5) is 15.0. The predicted molar refractivity (Wildman–Crippen MR) is 156 cm³/mol. The van der Waals surface area contributed by atoms with Crippen LogP contribution >= 0.6 is 11.3 Å². The van der Waals surface area contributed by atoms with Crippen molar-refractivity contribution in [3.05, 3.63) is 115 Å². The Morgan fingerprint density at radius 3 is 2.05 bits per heavy atom. The van der Waals surface area contributed by atoms with Gasteiger partial charge in [0.2, 0.25) is 0 Å². The van der Waals surface area contributed by atoms with E-state index in [0.29, 0.717) is 17.5 Å². The number of aromatic nitrogens is 3. The van der Waals surface area contributed by atoms with Crippen LogP contribution in [0.1, 0.15) is 0 Å². The summed E-state index contributed by atoms with van der Waals surface area (Å²) < 4.78 is 8.64. The molecule has 0 saturated heterocycles. The molecule has 8 rings (SSSR count). The van der Waals surface area contributed by atoms with E-state index in [-0.39, 0.29) is 0 Å². The topological polar surface area (TPSA) is 51.8 Å². The van der Waals surface area contributed by atoms with Gasteiger partial charge < -0.3 is 4.42 Å². The average Bonchev–Trinajstić information content (AvgIpc) is 3.55. The average molecular weight is 506 g/mol. The van der Waals surface area contributed by atoms with Crippen LogP contribution in [0.5, 0.6) is 0 Å². The maximum atomic E-state index is 6.17. The highest BCUT2D eigenvalue weighted by molar-refractivity contribution is 7.25. The molecule has 0 fully saturated rings. The first-order valence-corrected chi connectivity index (χ1v) is 13.3. The quantitative estimate of drug-likeness (QED) is 0.240. The van der Waals surface area contributed by atoms with Gasteiger partial charge in [0.25, 0.3) is 0 Å². The van der Waals surface area contributed by atoms with Crippen LogP contribution in [0.2, 0.25) is 0 Å². The van der Waals surface area contributed by atoms with E-state index in [1.54, 1.807) is 11.3 Å². The number of para-hydroxylation sites is 1. The van der Waals surface area contributed by atoms with Crippen molar-refractivity contribution in [3.63, 3.8) is 0 Å². The Morgan fingerprint density at radius 1 is 0.474 bits per heavy atom. The van der Waals surface area contributed by atoms with Crippen molar-refractivity contribution >= 4 is 53.4 Å². The third-order valence-electron chi connectivity index (χ3n) is 6.95. The number of hydrogen-bond acceptors (Lipinski definition) is 5. The van der Waals surface area contributed by atoms with E-state index in [1.165, 1.54) is 20.2 Å². The zero-order valence-corrected chi connectivity index (χ0v) is 20.9. The molecule has 4 nitrogen and oxygen atoms in total. The smallest absolute Gasteiger partial charge is 0.164 e. The van der Waals surface area contributed by atoms with Crippen molar-refractivity contribution in [3.8, 4) is 34.2 Å². The van der Waals surface area contributed by atoms with Crippen molar-refractivity contribution in [1.29, 1.82) is 0 Å². The third-order valence-corrected chi connectivity index (χ3v) is 8.08. The summed E-state index contributed by atoms with van der Waals surface area (Å²) in [6.45, 7) is 0. The lowest BCUT2D eigenvalue weighted by Gasteiger charge is -2.09. The van der Waals surface area contributed by atoms with Crippen molar-refractivity contribution in [1.82, 2.24) is 15.0 Å². The summed E-state index contributed by atoms with van der Waals surface area (Å²) in [5.41, 5.74) is 4.53. The summed E-state index contributed by atoms with van der Waals surface area (Å²) in [5.74, 6) is 1.92. The van der Waals surface area contributed by atoms with Gasteiger partial charge >= 0.3 is 0 Å². The van der Waals surface area contributed by atoms with Crippen LogP contribution in [-0.4, -0.2) is 15.0 Å². The first kappa shape index (κ1) is 21.2. The molecule has 5 aromatic carbocycles. The molecule has 8 aromatic rings. The second-order valence-corrected chi connectivity index (χ2v) is 10.3. The van der Waals surface area contributed by atoms with Gasteiger partial charge in [-0.3, -0.25) is 0 Å². The molecule has 0 bridgehead atoms. The molecule has 0 aliphatic carbocycles. The molecular formula is C33H19N3OS. The predicted octanol–water partition coefficient (Wildman–Crippen LogP) is 9.14. The van der Waals surface area contributed by atoms with Crippen molar-refractivity contribution in [2.75, 3.05) is 0 Å². The van der Waals surface area contributed by atoms with Crippen molar-refractivity contribution < 1.29 is 4.42 Å². The molecule has 0 unspecified atom stereocenters. The van der Waals surface area contributed by atoms with E-state index in [4.69, 9.17) is 19.4 Å². The van der Waals surface area contributed by atoms with Crippen LogP contribution in [-0.2, 0) is 0 Å². The second kappa shape index (κ2) is 8.33. The molecule has 178 valence electrons. The van der Waals surface area contributed by atoms with Gasteiger partial charge in [0.05, 0.1) is 0 Å². The van der Waals surface area contributed by atoms with Gasteiger partial charge in [0.15, 0.2) is 17.5 Å². The maximum absolute atomic E-state index is 6.17. The molecule has 0 amide bonds. The molecule has 3 aromatic heterocycles. The molecule has 3 heterocycles. The van der Waals surface area contributed by atoms with Gasteiger partial charge in [-0.05, 0) is 30.3 Å². The Bertz CT molecular complexity index is 2140. The van der Waals surface area contributed by atoms with Crippen LogP contribution in [0.4, 0.5) is 0 Å². The van der Waals surface area contributed by atoms with E-state index in [2.05, 4.69) is 60.7 Å². The fourth-order valence-corrected chi connectivity index (χ4v) is 6.30. The lowest BCUT2D eigenvalue weighted by Crippen LogP contribution is -2.00. The Hall–Kier alpha value is -4.87. The zero-order chi connectivity index (χ0) is 25.1. The molecule has 0 N–H and O–H groups in total. The standard InChI is InChI=1S/C33H19N3OS/c1-2-9-20(10-3-1)31-34-32(21-17-18-23-22-11-4-6-14-26(22)37-27(23)19-21)36-33(35-31)25-13-8-16-29-30(25)24-12-5-7-15-28(24)38-29/h1-19H. The van der Waals surface area contributed by atoms with E-state index in [9.17, 15) is 0 Å². The van der Waals surface area contributed by atoms with Crippen LogP contribution in [0, 0.1) is 0 Å².